The standard InChI is InChI=1S/C10H13N3O2/c1-3-15-6-8-11-7-4-5-9(14-2)13-10(7)12-8/h4-5H,3,6H2,1-2H3,(H,11,12,13). The van der Waals surface area contributed by atoms with Crippen molar-refractivity contribution in [2.75, 3.05) is 13.7 Å². The highest BCUT2D eigenvalue weighted by Crippen LogP contribution is 2.14. The van der Waals surface area contributed by atoms with E-state index in [1.54, 1.807) is 13.2 Å². The minimum absolute atomic E-state index is 0.481. The van der Waals surface area contributed by atoms with Gasteiger partial charge in [-0.25, -0.2) is 4.98 Å². The number of rotatable bonds is 4. The van der Waals surface area contributed by atoms with Gasteiger partial charge in [-0.2, -0.15) is 4.98 Å². The maximum absolute atomic E-state index is 5.25. The molecular formula is C10H13N3O2. The normalized spacial score (nSPS) is 10.8. The van der Waals surface area contributed by atoms with Crippen LogP contribution in [0.1, 0.15) is 12.7 Å². The molecule has 0 atom stereocenters. The van der Waals surface area contributed by atoms with Crippen molar-refractivity contribution in [3.8, 4) is 5.88 Å². The first kappa shape index (κ1) is 9.92. The summed E-state index contributed by atoms with van der Waals surface area (Å²) < 4.78 is 10.3. The molecule has 2 heterocycles. The molecule has 0 aliphatic heterocycles. The zero-order chi connectivity index (χ0) is 10.7. The van der Waals surface area contributed by atoms with Gasteiger partial charge in [0.05, 0.1) is 12.6 Å². The molecule has 0 aliphatic rings. The van der Waals surface area contributed by atoms with Gasteiger partial charge >= 0.3 is 0 Å². The van der Waals surface area contributed by atoms with Crippen LogP contribution >= 0.6 is 0 Å². The summed E-state index contributed by atoms with van der Waals surface area (Å²) in [5.41, 5.74) is 1.55. The molecule has 0 saturated heterocycles. The highest BCUT2D eigenvalue weighted by molar-refractivity contribution is 5.71. The number of aromatic nitrogens is 3. The lowest BCUT2D eigenvalue weighted by Gasteiger charge is -1.95. The first-order valence-electron chi connectivity index (χ1n) is 4.81. The molecule has 5 heteroatoms. The molecule has 2 rings (SSSR count). The molecular weight excluding hydrogens is 194 g/mol. The van der Waals surface area contributed by atoms with E-state index in [0.29, 0.717) is 24.7 Å². The molecule has 1 N–H and O–H groups in total. The average Bonchev–Trinajstić information content (AvgIpc) is 2.67. The molecule has 0 spiro atoms. The van der Waals surface area contributed by atoms with Crippen LogP contribution in [0.2, 0.25) is 0 Å². The van der Waals surface area contributed by atoms with Gasteiger partial charge in [0.1, 0.15) is 12.4 Å². The Balaban J connectivity index is 2.29. The number of hydrogen-bond acceptors (Lipinski definition) is 4. The molecule has 2 aromatic heterocycles. The van der Waals surface area contributed by atoms with E-state index in [4.69, 9.17) is 9.47 Å². The van der Waals surface area contributed by atoms with Crippen LogP contribution < -0.4 is 4.74 Å². The lowest BCUT2D eigenvalue weighted by Crippen LogP contribution is -1.93. The van der Waals surface area contributed by atoms with E-state index < -0.39 is 0 Å². The highest BCUT2D eigenvalue weighted by Gasteiger charge is 2.04. The Morgan fingerprint density at radius 3 is 2.93 bits per heavy atom. The second-order valence-electron chi connectivity index (χ2n) is 3.05. The number of aromatic amines is 1. The highest BCUT2D eigenvalue weighted by atomic mass is 16.5. The molecule has 0 radical (unpaired) electrons. The van der Waals surface area contributed by atoms with Crippen molar-refractivity contribution in [3.63, 3.8) is 0 Å². The Morgan fingerprint density at radius 2 is 2.20 bits per heavy atom. The Morgan fingerprint density at radius 1 is 1.33 bits per heavy atom. The topological polar surface area (TPSA) is 60.0 Å². The van der Waals surface area contributed by atoms with E-state index in [-0.39, 0.29) is 0 Å². The smallest absolute Gasteiger partial charge is 0.215 e. The minimum atomic E-state index is 0.481. The monoisotopic (exact) mass is 207 g/mol. The molecule has 15 heavy (non-hydrogen) atoms. The van der Waals surface area contributed by atoms with Crippen molar-refractivity contribution < 1.29 is 9.47 Å². The first-order chi connectivity index (χ1) is 7.33. The van der Waals surface area contributed by atoms with Gasteiger partial charge in [0.2, 0.25) is 5.88 Å². The number of ether oxygens (including phenoxy) is 2. The van der Waals surface area contributed by atoms with E-state index in [1.165, 1.54) is 0 Å². The van der Waals surface area contributed by atoms with Crippen LogP contribution in [0.15, 0.2) is 12.1 Å². The van der Waals surface area contributed by atoms with Gasteiger partial charge in [-0.05, 0) is 13.0 Å². The van der Waals surface area contributed by atoms with Gasteiger partial charge in [-0.3, -0.25) is 0 Å². The van der Waals surface area contributed by atoms with Gasteiger partial charge in [0.15, 0.2) is 5.65 Å². The number of methoxy groups -OCH3 is 1. The average molecular weight is 207 g/mol. The van der Waals surface area contributed by atoms with Crippen molar-refractivity contribution in [1.29, 1.82) is 0 Å². The number of H-pyrrole nitrogens is 1. The number of nitrogens with zero attached hydrogens (tertiary/aromatic N) is 2. The van der Waals surface area contributed by atoms with Gasteiger partial charge in [-0.15, -0.1) is 0 Å². The van der Waals surface area contributed by atoms with Gasteiger partial charge in [0.25, 0.3) is 0 Å². The number of nitrogens with one attached hydrogen (secondary N) is 1. The van der Waals surface area contributed by atoms with E-state index in [0.717, 1.165) is 11.3 Å². The van der Waals surface area contributed by atoms with Gasteiger partial charge in [-0.1, -0.05) is 0 Å². The Kier molecular flexibility index (Phi) is 2.82. The third kappa shape index (κ3) is 2.07. The zero-order valence-corrected chi connectivity index (χ0v) is 8.78. The SMILES string of the molecule is CCOCc1nc2nc(OC)ccc2[nH]1. The van der Waals surface area contributed by atoms with Gasteiger partial charge < -0.3 is 14.5 Å². The summed E-state index contributed by atoms with van der Waals surface area (Å²) in [4.78, 5) is 11.6. The largest absolute Gasteiger partial charge is 0.481 e. The molecule has 5 nitrogen and oxygen atoms in total. The lowest BCUT2D eigenvalue weighted by molar-refractivity contribution is 0.129. The van der Waals surface area contributed by atoms with Crippen molar-refractivity contribution in [3.05, 3.63) is 18.0 Å². The maximum atomic E-state index is 5.25. The number of hydrogen-bond donors (Lipinski definition) is 1. The summed E-state index contributed by atoms with van der Waals surface area (Å²) in [6, 6.07) is 3.69. The van der Waals surface area contributed by atoms with E-state index in [2.05, 4.69) is 15.0 Å². The van der Waals surface area contributed by atoms with Crippen molar-refractivity contribution in [1.82, 2.24) is 15.0 Å². The summed E-state index contributed by atoms with van der Waals surface area (Å²) in [6.45, 7) is 3.10. The Labute approximate surface area is 87.4 Å². The summed E-state index contributed by atoms with van der Waals surface area (Å²) in [7, 11) is 1.59. The molecule has 0 bridgehead atoms. The van der Waals surface area contributed by atoms with E-state index in [9.17, 15) is 0 Å². The predicted molar refractivity (Wildman–Crippen MR) is 55.8 cm³/mol. The van der Waals surface area contributed by atoms with Crippen molar-refractivity contribution in [2.24, 2.45) is 0 Å². The van der Waals surface area contributed by atoms with Crippen LogP contribution in [0.4, 0.5) is 0 Å². The quantitative estimate of drug-likeness (QED) is 0.825. The van der Waals surface area contributed by atoms with Crippen LogP contribution in [0.5, 0.6) is 5.88 Å². The van der Waals surface area contributed by atoms with Gasteiger partial charge in [0, 0.05) is 12.7 Å². The lowest BCUT2D eigenvalue weighted by atomic mass is 10.4. The summed E-state index contributed by atoms with van der Waals surface area (Å²) >= 11 is 0. The number of pyridine rings is 1. The summed E-state index contributed by atoms with van der Waals surface area (Å²) in [5.74, 6) is 1.35. The summed E-state index contributed by atoms with van der Waals surface area (Å²) in [5, 5.41) is 0. The molecule has 0 fully saturated rings. The molecule has 0 aliphatic carbocycles. The first-order valence-corrected chi connectivity index (χ1v) is 4.81. The number of fused-ring (bicyclic) bond motifs is 1. The van der Waals surface area contributed by atoms with Crippen LogP contribution in [-0.4, -0.2) is 28.7 Å². The predicted octanol–water partition coefficient (Wildman–Crippen LogP) is 1.50. The van der Waals surface area contributed by atoms with Crippen LogP contribution in [0.3, 0.4) is 0 Å². The van der Waals surface area contributed by atoms with E-state index >= 15 is 0 Å². The zero-order valence-electron chi connectivity index (χ0n) is 8.78. The van der Waals surface area contributed by atoms with Crippen molar-refractivity contribution in [2.45, 2.75) is 13.5 Å². The third-order valence-electron chi connectivity index (χ3n) is 2.02. The summed E-state index contributed by atoms with van der Waals surface area (Å²) in [6.07, 6.45) is 0. The fourth-order valence-electron chi connectivity index (χ4n) is 1.31. The second kappa shape index (κ2) is 4.27. The van der Waals surface area contributed by atoms with Crippen LogP contribution in [-0.2, 0) is 11.3 Å². The fraction of sp³-hybridized carbons (Fsp3) is 0.400. The third-order valence-corrected chi connectivity index (χ3v) is 2.02. The maximum Gasteiger partial charge on any atom is 0.215 e. The molecule has 0 aromatic carbocycles. The molecule has 2 aromatic rings. The minimum Gasteiger partial charge on any atom is -0.481 e. The molecule has 0 unspecified atom stereocenters. The van der Waals surface area contributed by atoms with Crippen LogP contribution in [0, 0.1) is 0 Å². The number of imidazole rings is 1. The molecule has 0 saturated carbocycles. The van der Waals surface area contributed by atoms with Crippen LogP contribution in [0.25, 0.3) is 11.2 Å². The molecule has 80 valence electrons. The second-order valence-corrected chi connectivity index (χ2v) is 3.05. The molecule has 0 amide bonds. The Hall–Kier alpha value is -1.62. The van der Waals surface area contributed by atoms with Crippen molar-refractivity contribution >= 4 is 11.2 Å². The van der Waals surface area contributed by atoms with E-state index in [1.807, 2.05) is 13.0 Å². The Bertz CT molecular complexity index is 453. The fourth-order valence-corrected chi connectivity index (χ4v) is 1.31.